The van der Waals surface area contributed by atoms with Gasteiger partial charge in [-0.1, -0.05) is 32.4 Å². The zero-order valence-electron chi connectivity index (χ0n) is 11.0. The largest absolute Gasteiger partial charge is 0.316 e. The second kappa shape index (κ2) is 7.67. The Morgan fingerprint density at radius 3 is 2.76 bits per heavy atom. The summed E-state index contributed by atoms with van der Waals surface area (Å²) < 4.78 is 0. The van der Waals surface area contributed by atoms with Gasteiger partial charge in [-0.25, -0.2) is 0 Å². The second-order valence-electron chi connectivity index (χ2n) is 4.83. The van der Waals surface area contributed by atoms with E-state index < -0.39 is 0 Å². The van der Waals surface area contributed by atoms with Gasteiger partial charge in [-0.05, 0) is 49.4 Å². The predicted molar refractivity (Wildman–Crippen MR) is 74.4 cm³/mol. The molecular weight excluding hydrogens is 232 g/mol. The molecule has 1 aromatic rings. The fourth-order valence-corrected chi connectivity index (χ4v) is 2.02. The highest BCUT2D eigenvalue weighted by Crippen LogP contribution is 2.21. The molecule has 0 saturated heterocycles. The molecule has 2 unspecified atom stereocenters. The lowest BCUT2D eigenvalue weighted by atomic mass is 9.90. The van der Waals surface area contributed by atoms with Crippen molar-refractivity contribution in [3.05, 3.63) is 29.0 Å². The Hall–Kier alpha value is -0.600. The highest BCUT2D eigenvalue weighted by atomic mass is 35.5. The maximum Gasteiger partial charge on any atom is 0.0621 e. The van der Waals surface area contributed by atoms with Crippen molar-refractivity contribution in [3.63, 3.8) is 0 Å². The summed E-state index contributed by atoms with van der Waals surface area (Å²) in [6.45, 7) is 8.96. The van der Waals surface area contributed by atoms with Crippen LogP contribution in [0.3, 0.4) is 0 Å². The van der Waals surface area contributed by atoms with Gasteiger partial charge in [0.25, 0.3) is 0 Å². The fraction of sp³-hybridized carbons (Fsp3) is 0.643. The maximum absolute atomic E-state index is 6.12. The highest BCUT2D eigenvalue weighted by Gasteiger charge is 2.13. The third-order valence-corrected chi connectivity index (χ3v) is 3.60. The zero-order valence-corrected chi connectivity index (χ0v) is 11.8. The molecule has 2 atom stereocenters. The summed E-state index contributed by atoms with van der Waals surface area (Å²) in [6, 6.07) is 2.02. The minimum absolute atomic E-state index is 0.624. The van der Waals surface area contributed by atoms with E-state index in [4.69, 9.17) is 11.6 Å². The first kappa shape index (κ1) is 14.5. The van der Waals surface area contributed by atoms with Crippen molar-refractivity contribution in [3.8, 4) is 0 Å². The molecule has 0 spiro atoms. The Kier molecular flexibility index (Phi) is 6.53. The van der Waals surface area contributed by atoms with E-state index in [1.807, 2.05) is 12.3 Å². The van der Waals surface area contributed by atoms with Crippen molar-refractivity contribution in [2.45, 2.75) is 33.6 Å². The van der Waals surface area contributed by atoms with Crippen LogP contribution in [0.1, 0.15) is 32.8 Å². The molecular formula is C14H23ClN2. The minimum Gasteiger partial charge on any atom is -0.316 e. The van der Waals surface area contributed by atoms with Gasteiger partial charge in [0, 0.05) is 12.4 Å². The van der Waals surface area contributed by atoms with Crippen molar-refractivity contribution in [1.82, 2.24) is 10.3 Å². The van der Waals surface area contributed by atoms with Gasteiger partial charge in [-0.3, -0.25) is 4.98 Å². The van der Waals surface area contributed by atoms with Crippen molar-refractivity contribution in [1.29, 1.82) is 0 Å². The molecule has 0 aliphatic heterocycles. The summed E-state index contributed by atoms with van der Waals surface area (Å²) in [4.78, 5) is 4.01. The number of pyridine rings is 1. The minimum atomic E-state index is 0.624. The van der Waals surface area contributed by atoms with Crippen LogP contribution < -0.4 is 5.32 Å². The van der Waals surface area contributed by atoms with E-state index in [0.29, 0.717) is 11.8 Å². The summed E-state index contributed by atoms with van der Waals surface area (Å²) in [7, 11) is 0. The lowest BCUT2D eigenvalue weighted by molar-refractivity contribution is 0.365. The third-order valence-electron chi connectivity index (χ3n) is 3.26. The number of halogens is 1. The van der Waals surface area contributed by atoms with Crippen LogP contribution in [0.25, 0.3) is 0 Å². The Balaban J connectivity index is 2.43. The monoisotopic (exact) mass is 254 g/mol. The molecule has 17 heavy (non-hydrogen) atoms. The molecule has 1 aromatic heterocycles. The van der Waals surface area contributed by atoms with Crippen molar-refractivity contribution < 1.29 is 0 Å². The van der Waals surface area contributed by atoms with Gasteiger partial charge in [-0.2, -0.15) is 0 Å². The third kappa shape index (κ3) is 5.05. The van der Waals surface area contributed by atoms with Gasteiger partial charge < -0.3 is 5.32 Å². The average Bonchev–Trinajstić information content (AvgIpc) is 2.32. The van der Waals surface area contributed by atoms with E-state index in [1.54, 1.807) is 6.20 Å². The van der Waals surface area contributed by atoms with E-state index in [2.05, 4.69) is 31.1 Å². The maximum atomic E-state index is 6.12. The Morgan fingerprint density at radius 2 is 2.12 bits per heavy atom. The fourth-order valence-electron chi connectivity index (χ4n) is 1.83. The number of nitrogens with zero attached hydrogens (tertiary/aromatic N) is 1. The number of hydrogen-bond donors (Lipinski definition) is 1. The Labute approximate surface area is 110 Å². The number of nitrogens with one attached hydrogen (secondary N) is 1. The predicted octanol–water partition coefficient (Wildman–Crippen LogP) is 3.55. The van der Waals surface area contributed by atoms with Crippen LogP contribution in [-0.4, -0.2) is 18.1 Å². The smallest absolute Gasteiger partial charge is 0.0621 e. The topological polar surface area (TPSA) is 24.9 Å². The normalized spacial score (nSPS) is 14.6. The Bertz CT molecular complexity index is 328. The van der Waals surface area contributed by atoms with Crippen LogP contribution in [0.4, 0.5) is 0 Å². The quantitative estimate of drug-likeness (QED) is 0.753. The molecule has 0 amide bonds. The standard InChI is InChI=1S/C14H23ClN2/c1-4-6-16-9-12(3)11(2)8-13-5-7-17-10-14(13)15/h5,7,10-12,16H,4,6,8-9H2,1-3H3. The summed E-state index contributed by atoms with van der Waals surface area (Å²) >= 11 is 6.12. The lowest BCUT2D eigenvalue weighted by Gasteiger charge is -2.20. The van der Waals surface area contributed by atoms with Crippen LogP contribution in [-0.2, 0) is 6.42 Å². The molecule has 0 aromatic carbocycles. The Morgan fingerprint density at radius 1 is 1.35 bits per heavy atom. The van der Waals surface area contributed by atoms with Gasteiger partial charge in [0.1, 0.15) is 0 Å². The summed E-state index contributed by atoms with van der Waals surface area (Å²) in [5.74, 6) is 1.28. The lowest BCUT2D eigenvalue weighted by Crippen LogP contribution is -2.26. The van der Waals surface area contributed by atoms with Gasteiger partial charge in [0.2, 0.25) is 0 Å². The zero-order chi connectivity index (χ0) is 12.7. The van der Waals surface area contributed by atoms with E-state index in [-0.39, 0.29) is 0 Å². The highest BCUT2D eigenvalue weighted by molar-refractivity contribution is 6.31. The summed E-state index contributed by atoms with van der Waals surface area (Å²) in [6.07, 6.45) is 5.76. The van der Waals surface area contributed by atoms with Crippen LogP contribution in [0.2, 0.25) is 5.02 Å². The molecule has 1 heterocycles. The molecule has 0 radical (unpaired) electrons. The van der Waals surface area contributed by atoms with Crippen LogP contribution >= 0.6 is 11.6 Å². The van der Waals surface area contributed by atoms with E-state index >= 15 is 0 Å². The molecule has 2 nitrogen and oxygen atoms in total. The van der Waals surface area contributed by atoms with E-state index in [1.165, 1.54) is 12.0 Å². The molecule has 1 N–H and O–H groups in total. The van der Waals surface area contributed by atoms with Crippen molar-refractivity contribution >= 4 is 11.6 Å². The van der Waals surface area contributed by atoms with Crippen molar-refractivity contribution in [2.75, 3.05) is 13.1 Å². The van der Waals surface area contributed by atoms with Gasteiger partial charge in [0.15, 0.2) is 0 Å². The second-order valence-corrected chi connectivity index (χ2v) is 5.24. The average molecular weight is 255 g/mol. The first-order valence-electron chi connectivity index (χ1n) is 6.44. The van der Waals surface area contributed by atoms with Crippen molar-refractivity contribution in [2.24, 2.45) is 11.8 Å². The first-order valence-corrected chi connectivity index (χ1v) is 6.82. The summed E-state index contributed by atoms with van der Waals surface area (Å²) in [5.41, 5.74) is 1.21. The van der Waals surface area contributed by atoms with E-state index in [0.717, 1.165) is 24.5 Å². The first-order chi connectivity index (χ1) is 8.15. The molecule has 0 saturated carbocycles. The number of rotatable bonds is 7. The van der Waals surface area contributed by atoms with Gasteiger partial charge in [0.05, 0.1) is 5.02 Å². The van der Waals surface area contributed by atoms with Gasteiger partial charge in [-0.15, -0.1) is 0 Å². The van der Waals surface area contributed by atoms with Crippen LogP contribution in [0, 0.1) is 11.8 Å². The molecule has 0 aliphatic carbocycles. The summed E-state index contributed by atoms with van der Waals surface area (Å²) in [5, 5.41) is 4.26. The van der Waals surface area contributed by atoms with Crippen LogP contribution in [0.15, 0.2) is 18.5 Å². The molecule has 0 fully saturated rings. The SMILES string of the molecule is CCCNCC(C)C(C)Cc1ccncc1Cl. The molecule has 0 bridgehead atoms. The molecule has 0 aliphatic rings. The molecule has 1 rings (SSSR count). The molecule has 96 valence electrons. The molecule has 3 heteroatoms. The number of hydrogen-bond acceptors (Lipinski definition) is 2. The number of aromatic nitrogens is 1. The van der Waals surface area contributed by atoms with Gasteiger partial charge >= 0.3 is 0 Å². The van der Waals surface area contributed by atoms with E-state index in [9.17, 15) is 0 Å². The van der Waals surface area contributed by atoms with Crippen LogP contribution in [0.5, 0.6) is 0 Å².